The van der Waals surface area contributed by atoms with E-state index in [-0.39, 0.29) is 0 Å². The molecule has 0 saturated carbocycles. The van der Waals surface area contributed by atoms with Crippen LogP contribution in [0, 0.1) is 6.57 Å². The molecule has 1 aliphatic rings. The van der Waals surface area contributed by atoms with Crippen LogP contribution in [0.25, 0.3) is 83.3 Å². The Labute approximate surface area is 368 Å². The Morgan fingerprint density at radius 1 is 0.333 bits per heavy atom. The van der Waals surface area contributed by atoms with Gasteiger partial charge in [0.25, 0.3) is 0 Å². The van der Waals surface area contributed by atoms with E-state index in [0.717, 1.165) is 67.0 Å². The summed E-state index contributed by atoms with van der Waals surface area (Å²) in [6.07, 6.45) is 0. The summed E-state index contributed by atoms with van der Waals surface area (Å²) in [6.45, 7) is 7.95. The van der Waals surface area contributed by atoms with Crippen molar-refractivity contribution in [2.45, 2.75) is 5.41 Å². The normalized spacial score (nSPS) is 12.2. The van der Waals surface area contributed by atoms with Crippen molar-refractivity contribution in [1.82, 2.24) is 9.97 Å². The Kier molecular flexibility index (Phi) is 9.45. The molecule has 0 bridgehead atoms. The summed E-state index contributed by atoms with van der Waals surface area (Å²) in [5, 5.41) is 0. The highest BCUT2D eigenvalue weighted by molar-refractivity contribution is 5.97. The van der Waals surface area contributed by atoms with E-state index in [1.807, 2.05) is 30.3 Å². The number of benzene rings is 9. The number of aromatic nitrogens is 2. The van der Waals surface area contributed by atoms with Crippen molar-refractivity contribution in [3.8, 4) is 78.4 Å². The molecule has 0 radical (unpaired) electrons. The minimum absolute atomic E-state index is 0.540. The van der Waals surface area contributed by atoms with Gasteiger partial charge in [0.1, 0.15) is 0 Å². The SMILES string of the molecule is [C-]#[N+]c1ccc2c(c1)-c1c(-c3ccc(-c4ccc(-c5nc(-c6ccccc6)cc(-c6ccccc6-c6ccccc6)n5)cc4)cc3)cccc1C2(c1ccccc1)c1ccccc1. The van der Waals surface area contributed by atoms with E-state index in [0.29, 0.717) is 11.5 Å². The van der Waals surface area contributed by atoms with Crippen molar-refractivity contribution in [1.29, 1.82) is 0 Å². The number of fused-ring (bicyclic) bond motifs is 3. The first kappa shape index (κ1) is 37.5. The third-order valence-corrected chi connectivity index (χ3v) is 12.4. The fourth-order valence-corrected chi connectivity index (χ4v) is 9.54. The molecule has 0 spiro atoms. The highest BCUT2D eigenvalue weighted by atomic mass is 14.9. The van der Waals surface area contributed by atoms with Gasteiger partial charge in [-0.1, -0.05) is 224 Å². The predicted octanol–water partition coefficient (Wildman–Crippen LogP) is 15.4. The Balaban J connectivity index is 0.975. The van der Waals surface area contributed by atoms with E-state index in [9.17, 15) is 0 Å². The lowest BCUT2D eigenvalue weighted by atomic mass is 9.67. The molecular formula is C60H39N3. The number of rotatable bonds is 8. The Bertz CT molecular complexity index is 3260. The van der Waals surface area contributed by atoms with Gasteiger partial charge in [0, 0.05) is 16.7 Å². The van der Waals surface area contributed by atoms with E-state index in [1.54, 1.807) is 0 Å². The van der Waals surface area contributed by atoms with Crippen molar-refractivity contribution in [3.05, 3.63) is 270 Å². The first-order chi connectivity index (χ1) is 31.2. The number of nitrogens with zero attached hydrogens (tertiary/aromatic N) is 3. The van der Waals surface area contributed by atoms with Gasteiger partial charge in [-0.05, 0) is 78.9 Å². The lowest BCUT2D eigenvalue weighted by Crippen LogP contribution is -2.28. The Morgan fingerprint density at radius 2 is 0.825 bits per heavy atom. The molecule has 0 unspecified atom stereocenters. The van der Waals surface area contributed by atoms with Gasteiger partial charge < -0.3 is 0 Å². The second-order valence-electron chi connectivity index (χ2n) is 15.9. The highest BCUT2D eigenvalue weighted by Crippen LogP contribution is 2.59. The molecule has 1 heterocycles. The largest absolute Gasteiger partial charge is 0.238 e. The van der Waals surface area contributed by atoms with Crippen LogP contribution in [-0.4, -0.2) is 9.97 Å². The quantitative estimate of drug-likeness (QED) is 0.143. The van der Waals surface area contributed by atoms with Crippen LogP contribution in [0.2, 0.25) is 0 Å². The van der Waals surface area contributed by atoms with E-state index >= 15 is 0 Å². The average molecular weight is 802 g/mol. The summed E-state index contributed by atoms with van der Waals surface area (Å²) in [4.78, 5) is 14.2. The molecule has 0 saturated heterocycles. The lowest BCUT2D eigenvalue weighted by molar-refractivity contribution is 0.769. The maximum Gasteiger partial charge on any atom is 0.187 e. The zero-order chi connectivity index (χ0) is 42.2. The molecule has 9 aromatic carbocycles. The second kappa shape index (κ2) is 15.9. The van der Waals surface area contributed by atoms with Crippen LogP contribution < -0.4 is 0 Å². The molecule has 1 aromatic heterocycles. The van der Waals surface area contributed by atoms with E-state index in [4.69, 9.17) is 16.5 Å². The number of hydrogen-bond acceptors (Lipinski definition) is 2. The first-order valence-electron chi connectivity index (χ1n) is 21.3. The van der Waals surface area contributed by atoms with Crippen molar-refractivity contribution < 1.29 is 0 Å². The highest BCUT2D eigenvalue weighted by Gasteiger charge is 2.46. The molecule has 0 amide bonds. The maximum atomic E-state index is 7.95. The summed E-state index contributed by atoms with van der Waals surface area (Å²) in [7, 11) is 0. The van der Waals surface area contributed by atoms with Crippen LogP contribution in [-0.2, 0) is 5.41 Å². The summed E-state index contributed by atoms with van der Waals surface area (Å²) in [5.41, 5.74) is 18.8. The molecule has 1 aliphatic carbocycles. The smallest absolute Gasteiger partial charge is 0.187 e. The topological polar surface area (TPSA) is 30.1 Å². The molecule has 63 heavy (non-hydrogen) atoms. The van der Waals surface area contributed by atoms with E-state index in [2.05, 4.69) is 211 Å². The molecule has 294 valence electrons. The molecule has 0 N–H and O–H groups in total. The number of hydrogen-bond donors (Lipinski definition) is 0. The first-order valence-corrected chi connectivity index (χ1v) is 21.3. The van der Waals surface area contributed by atoms with Gasteiger partial charge in [0.05, 0.1) is 23.4 Å². The van der Waals surface area contributed by atoms with Crippen LogP contribution >= 0.6 is 0 Å². The molecule has 10 aromatic rings. The molecule has 0 atom stereocenters. The summed E-state index contributed by atoms with van der Waals surface area (Å²) in [6, 6.07) is 83.3. The third kappa shape index (κ3) is 6.54. The van der Waals surface area contributed by atoms with Gasteiger partial charge in [-0.15, -0.1) is 0 Å². The maximum absolute atomic E-state index is 7.95. The van der Waals surface area contributed by atoms with E-state index in [1.165, 1.54) is 27.8 Å². The minimum atomic E-state index is -0.540. The van der Waals surface area contributed by atoms with Gasteiger partial charge in [0.2, 0.25) is 0 Å². The monoisotopic (exact) mass is 801 g/mol. The molecule has 0 fully saturated rings. The van der Waals surface area contributed by atoms with E-state index < -0.39 is 5.41 Å². The van der Waals surface area contributed by atoms with Crippen molar-refractivity contribution in [2.24, 2.45) is 0 Å². The zero-order valence-electron chi connectivity index (χ0n) is 34.4. The standard InChI is InChI=1S/C60H39N3/c1-61-49-37-38-54-53(39-49)58-51(27-16-28-55(58)60(54,47-21-10-4-11-22-47)48-23-12-5-13-24-48)44-33-29-41(30-34-44)42-31-35-46(36-32-42)59-62-56(45-19-8-3-9-20-45)40-57(63-59)52-26-15-14-25-50(52)43-17-6-2-7-18-43/h2-40H. The van der Waals surface area contributed by atoms with Crippen LogP contribution in [0.5, 0.6) is 0 Å². The summed E-state index contributed by atoms with van der Waals surface area (Å²) < 4.78 is 0. The van der Waals surface area contributed by atoms with Crippen LogP contribution in [0.15, 0.2) is 237 Å². The predicted molar refractivity (Wildman–Crippen MR) is 258 cm³/mol. The summed E-state index contributed by atoms with van der Waals surface area (Å²) in [5.74, 6) is 0.679. The fraction of sp³-hybridized carbons (Fsp3) is 0.0167. The minimum Gasteiger partial charge on any atom is -0.238 e. The second-order valence-corrected chi connectivity index (χ2v) is 15.9. The van der Waals surface area contributed by atoms with Gasteiger partial charge >= 0.3 is 0 Å². The Morgan fingerprint density at radius 3 is 1.44 bits per heavy atom. The Hall–Kier alpha value is -8.45. The van der Waals surface area contributed by atoms with Gasteiger partial charge in [-0.2, -0.15) is 0 Å². The average Bonchev–Trinajstić information content (AvgIpc) is 3.68. The summed E-state index contributed by atoms with van der Waals surface area (Å²) >= 11 is 0. The fourth-order valence-electron chi connectivity index (χ4n) is 9.54. The van der Waals surface area contributed by atoms with Crippen LogP contribution in [0.1, 0.15) is 22.3 Å². The van der Waals surface area contributed by atoms with Crippen molar-refractivity contribution >= 4 is 5.69 Å². The van der Waals surface area contributed by atoms with Crippen molar-refractivity contribution in [3.63, 3.8) is 0 Å². The lowest BCUT2D eigenvalue weighted by Gasteiger charge is -2.34. The zero-order valence-corrected chi connectivity index (χ0v) is 34.4. The molecule has 0 aliphatic heterocycles. The molecule has 3 heteroatoms. The third-order valence-electron chi connectivity index (χ3n) is 12.4. The van der Waals surface area contributed by atoms with Gasteiger partial charge in [0.15, 0.2) is 11.5 Å². The van der Waals surface area contributed by atoms with Gasteiger partial charge in [-0.25, -0.2) is 14.8 Å². The van der Waals surface area contributed by atoms with Crippen LogP contribution in [0.3, 0.4) is 0 Å². The van der Waals surface area contributed by atoms with Gasteiger partial charge in [-0.3, -0.25) is 0 Å². The molecule has 11 rings (SSSR count). The molecular weight excluding hydrogens is 763 g/mol. The molecule has 3 nitrogen and oxygen atoms in total. The van der Waals surface area contributed by atoms with Crippen LogP contribution in [0.4, 0.5) is 5.69 Å². The van der Waals surface area contributed by atoms with Crippen molar-refractivity contribution in [2.75, 3.05) is 0 Å².